The highest BCUT2D eigenvalue weighted by molar-refractivity contribution is 7.07. The average Bonchev–Trinajstić information content (AvgIpc) is 2.89. The fourth-order valence-electron chi connectivity index (χ4n) is 1.81. The van der Waals surface area contributed by atoms with Gasteiger partial charge in [0, 0.05) is 26.6 Å². The van der Waals surface area contributed by atoms with Gasteiger partial charge in [-0.05, 0) is 35.2 Å². The Morgan fingerprint density at radius 2 is 2.05 bits per heavy atom. The number of carboxylic acid groups (broad SMARTS) is 1. The van der Waals surface area contributed by atoms with Gasteiger partial charge in [0.15, 0.2) is 0 Å². The van der Waals surface area contributed by atoms with Crippen LogP contribution in [0.2, 0.25) is 0 Å². The molecule has 0 aliphatic rings. The lowest BCUT2D eigenvalue weighted by molar-refractivity contribution is -0.137. The Hall–Kier alpha value is -1.56. The Labute approximate surface area is 123 Å². The molecule has 0 atom stereocenters. The number of unbranched alkanes of at least 4 members (excludes halogenated alkanes) is 3. The highest BCUT2D eigenvalue weighted by atomic mass is 32.1. The van der Waals surface area contributed by atoms with Crippen LogP contribution >= 0.6 is 11.3 Å². The number of rotatable bonds is 9. The highest BCUT2D eigenvalue weighted by Gasteiger charge is 2.08. The summed E-state index contributed by atoms with van der Waals surface area (Å²) in [4.78, 5) is 23.8. The highest BCUT2D eigenvalue weighted by Crippen LogP contribution is 2.08. The van der Waals surface area contributed by atoms with Crippen LogP contribution in [0.1, 0.15) is 37.7 Å². The number of urea groups is 1. The van der Waals surface area contributed by atoms with Crippen molar-refractivity contribution in [1.29, 1.82) is 0 Å². The van der Waals surface area contributed by atoms with E-state index in [0.717, 1.165) is 24.8 Å². The smallest absolute Gasteiger partial charge is 0.317 e. The van der Waals surface area contributed by atoms with Gasteiger partial charge in [-0.1, -0.05) is 12.8 Å². The molecule has 0 spiro atoms. The number of carbonyl (C=O) groups is 2. The lowest BCUT2D eigenvalue weighted by atomic mass is 10.1. The van der Waals surface area contributed by atoms with Gasteiger partial charge in [-0.2, -0.15) is 11.3 Å². The van der Waals surface area contributed by atoms with Crippen LogP contribution in [0.4, 0.5) is 4.79 Å². The number of hydrogen-bond acceptors (Lipinski definition) is 3. The van der Waals surface area contributed by atoms with Crippen molar-refractivity contribution in [3.63, 3.8) is 0 Å². The Balaban J connectivity index is 2.03. The molecule has 1 rings (SSSR count). The van der Waals surface area contributed by atoms with Gasteiger partial charge in [-0.15, -0.1) is 0 Å². The monoisotopic (exact) mass is 298 g/mol. The van der Waals surface area contributed by atoms with E-state index in [9.17, 15) is 9.59 Å². The Morgan fingerprint density at radius 1 is 1.30 bits per heavy atom. The molecule has 20 heavy (non-hydrogen) atoms. The number of amides is 2. The SMILES string of the molecule is CN(Cc1ccsc1)C(=O)NCCCCCCC(=O)O. The van der Waals surface area contributed by atoms with Crippen LogP contribution in [0.25, 0.3) is 0 Å². The van der Waals surface area contributed by atoms with E-state index in [0.29, 0.717) is 19.5 Å². The summed E-state index contributed by atoms with van der Waals surface area (Å²) in [6.07, 6.45) is 3.67. The van der Waals surface area contributed by atoms with Crippen molar-refractivity contribution < 1.29 is 14.7 Å². The summed E-state index contributed by atoms with van der Waals surface area (Å²) in [5.74, 6) is -0.742. The van der Waals surface area contributed by atoms with Gasteiger partial charge < -0.3 is 15.3 Å². The summed E-state index contributed by atoms with van der Waals surface area (Å²) in [5.41, 5.74) is 1.14. The van der Waals surface area contributed by atoms with Crippen LogP contribution in [-0.2, 0) is 11.3 Å². The number of carbonyl (C=O) groups excluding carboxylic acids is 1. The van der Waals surface area contributed by atoms with Crippen molar-refractivity contribution in [2.45, 2.75) is 38.6 Å². The van der Waals surface area contributed by atoms with Gasteiger partial charge in [0.25, 0.3) is 0 Å². The molecule has 0 radical (unpaired) electrons. The van der Waals surface area contributed by atoms with Crippen LogP contribution < -0.4 is 5.32 Å². The first kappa shape index (κ1) is 16.5. The maximum atomic E-state index is 11.8. The molecule has 0 saturated carbocycles. The summed E-state index contributed by atoms with van der Waals surface area (Å²) >= 11 is 1.62. The van der Waals surface area contributed by atoms with Crippen LogP contribution in [0.15, 0.2) is 16.8 Å². The summed E-state index contributed by atoms with van der Waals surface area (Å²) in [5, 5.41) is 15.4. The van der Waals surface area contributed by atoms with Crippen molar-refractivity contribution in [2.24, 2.45) is 0 Å². The number of aliphatic carboxylic acids is 1. The van der Waals surface area contributed by atoms with Crippen molar-refractivity contribution in [2.75, 3.05) is 13.6 Å². The van der Waals surface area contributed by atoms with Crippen LogP contribution in [0.5, 0.6) is 0 Å². The Kier molecular flexibility index (Phi) is 7.72. The fourth-order valence-corrected chi connectivity index (χ4v) is 2.47. The summed E-state index contributed by atoms with van der Waals surface area (Å²) in [6.45, 7) is 1.26. The third-order valence-electron chi connectivity index (χ3n) is 2.94. The third kappa shape index (κ3) is 7.13. The maximum absolute atomic E-state index is 11.8. The number of thiophene rings is 1. The minimum atomic E-state index is -0.742. The van der Waals surface area contributed by atoms with E-state index in [2.05, 4.69) is 5.32 Å². The quantitative estimate of drug-likeness (QED) is 0.689. The van der Waals surface area contributed by atoms with Crippen LogP contribution in [-0.4, -0.2) is 35.6 Å². The summed E-state index contributed by atoms with van der Waals surface area (Å²) in [7, 11) is 1.78. The summed E-state index contributed by atoms with van der Waals surface area (Å²) in [6, 6.07) is 1.94. The van der Waals surface area contributed by atoms with E-state index < -0.39 is 5.97 Å². The zero-order valence-electron chi connectivity index (χ0n) is 11.8. The molecule has 1 aromatic heterocycles. The molecule has 1 heterocycles. The van der Waals surface area contributed by atoms with E-state index in [1.165, 1.54) is 0 Å². The van der Waals surface area contributed by atoms with Crippen molar-refractivity contribution in [3.8, 4) is 0 Å². The molecule has 1 aromatic rings. The predicted molar refractivity (Wildman–Crippen MR) is 79.9 cm³/mol. The molecule has 0 bridgehead atoms. The van der Waals surface area contributed by atoms with E-state index >= 15 is 0 Å². The lowest BCUT2D eigenvalue weighted by Crippen LogP contribution is -2.37. The number of nitrogens with one attached hydrogen (secondary N) is 1. The van der Waals surface area contributed by atoms with Gasteiger partial charge in [0.1, 0.15) is 0 Å². The first-order valence-electron chi connectivity index (χ1n) is 6.81. The molecule has 0 aromatic carbocycles. The van der Waals surface area contributed by atoms with Crippen LogP contribution in [0.3, 0.4) is 0 Å². The van der Waals surface area contributed by atoms with Crippen molar-refractivity contribution >= 4 is 23.3 Å². The van der Waals surface area contributed by atoms with E-state index in [-0.39, 0.29) is 12.5 Å². The van der Waals surface area contributed by atoms with E-state index in [1.54, 1.807) is 23.3 Å². The molecule has 0 unspecified atom stereocenters. The molecule has 5 nitrogen and oxygen atoms in total. The second-order valence-corrected chi connectivity index (χ2v) is 5.56. The normalized spacial score (nSPS) is 10.2. The number of nitrogens with zero attached hydrogens (tertiary/aromatic N) is 1. The predicted octanol–water partition coefficient (Wildman–Crippen LogP) is 2.92. The average molecular weight is 298 g/mol. The maximum Gasteiger partial charge on any atom is 0.317 e. The first-order chi connectivity index (χ1) is 9.59. The second kappa shape index (κ2) is 9.36. The number of carboxylic acids is 1. The summed E-state index contributed by atoms with van der Waals surface area (Å²) < 4.78 is 0. The molecular formula is C14H22N2O3S. The van der Waals surface area contributed by atoms with E-state index in [1.807, 2.05) is 16.8 Å². The minimum absolute atomic E-state index is 0.0678. The van der Waals surface area contributed by atoms with Crippen molar-refractivity contribution in [3.05, 3.63) is 22.4 Å². The third-order valence-corrected chi connectivity index (χ3v) is 3.67. The van der Waals surface area contributed by atoms with E-state index in [4.69, 9.17) is 5.11 Å². The minimum Gasteiger partial charge on any atom is -0.481 e. The Morgan fingerprint density at radius 3 is 2.70 bits per heavy atom. The Bertz CT molecular complexity index is 407. The lowest BCUT2D eigenvalue weighted by Gasteiger charge is -2.17. The zero-order valence-corrected chi connectivity index (χ0v) is 12.6. The van der Waals surface area contributed by atoms with Crippen molar-refractivity contribution in [1.82, 2.24) is 10.2 Å². The largest absolute Gasteiger partial charge is 0.481 e. The zero-order chi connectivity index (χ0) is 14.8. The van der Waals surface area contributed by atoms with Gasteiger partial charge >= 0.3 is 12.0 Å². The van der Waals surface area contributed by atoms with Gasteiger partial charge in [0.05, 0.1) is 0 Å². The molecule has 0 saturated heterocycles. The standard InChI is InChI=1S/C14H22N2O3S/c1-16(10-12-7-9-20-11-12)14(19)15-8-5-3-2-4-6-13(17)18/h7,9,11H,2-6,8,10H2,1H3,(H,15,19)(H,17,18). The van der Waals surface area contributed by atoms with Gasteiger partial charge in [-0.3, -0.25) is 4.79 Å². The molecule has 112 valence electrons. The molecule has 2 N–H and O–H groups in total. The van der Waals surface area contributed by atoms with Gasteiger partial charge in [-0.25, -0.2) is 4.79 Å². The molecule has 6 heteroatoms. The molecule has 0 aliphatic carbocycles. The molecule has 0 fully saturated rings. The molecular weight excluding hydrogens is 276 g/mol. The number of hydrogen-bond donors (Lipinski definition) is 2. The first-order valence-corrected chi connectivity index (χ1v) is 7.75. The second-order valence-electron chi connectivity index (χ2n) is 4.78. The molecule has 0 aliphatic heterocycles. The fraction of sp³-hybridized carbons (Fsp3) is 0.571. The topological polar surface area (TPSA) is 69.6 Å². The van der Waals surface area contributed by atoms with Gasteiger partial charge in [0.2, 0.25) is 0 Å². The van der Waals surface area contributed by atoms with Crippen LogP contribution in [0, 0.1) is 0 Å². The molecule has 2 amide bonds.